The Balaban J connectivity index is 2.03. The molecule has 0 saturated heterocycles. The van der Waals surface area contributed by atoms with Gasteiger partial charge in [0.15, 0.2) is 0 Å². The van der Waals surface area contributed by atoms with Gasteiger partial charge >= 0.3 is 0 Å². The van der Waals surface area contributed by atoms with Crippen LogP contribution in [0.2, 0.25) is 0 Å². The molecule has 0 heterocycles. The molecule has 1 fully saturated rings. The summed E-state index contributed by atoms with van der Waals surface area (Å²) in [5.41, 5.74) is 1.65. The number of likely N-dealkylation sites (N-methyl/N-ethyl adjacent to an activating group) is 1. The fourth-order valence-electron chi connectivity index (χ4n) is 3.30. The molecule has 0 radical (unpaired) electrons. The van der Waals surface area contributed by atoms with E-state index in [4.69, 9.17) is 0 Å². The Morgan fingerprint density at radius 2 is 1.86 bits per heavy atom. The van der Waals surface area contributed by atoms with Gasteiger partial charge in [-0.15, -0.1) is 0 Å². The van der Waals surface area contributed by atoms with Crippen molar-refractivity contribution in [3.63, 3.8) is 0 Å². The molecule has 118 valence electrons. The number of hydrogen-bond donors (Lipinski definition) is 1. The third kappa shape index (κ3) is 4.31. The predicted octanol–water partition coefficient (Wildman–Crippen LogP) is 5.13. The van der Waals surface area contributed by atoms with Gasteiger partial charge in [0, 0.05) is 27.1 Å². The Labute approximate surface area is 145 Å². The zero-order valence-corrected chi connectivity index (χ0v) is 16.4. The van der Waals surface area contributed by atoms with Crippen LogP contribution in [0.5, 0.6) is 0 Å². The topological polar surface area (TPSA) is 15.3 Å². The van der Waals surface area contributed by atoms with Gasteiger partial charge in [0.05, 0.1) is 0 Å². The molecule has 1 atom stereocenters. The summed E-state index contributed by atoms with van der Waals surface area (Å²) in [7, 11) is 4.46. The van der Waals surface area contributed by atoms with E-state index in [0.29, 0.717) is 11.6 Å². The first kappa shape index (κ1) is 17.5. The van der Waals surface area contributed by atoms with Crippen molar-refractivity contribution in [1.29, 1.82) is 0 Å². The number of hydrogen-bond acceptors (Lipinski definition) is 2. The molecule has 1 aliphatic carbocycles. The van der Waals surface area contributed by atoms with Crippen LogP contribution in [0.4, 0.5) is 0 Å². The van der Waals surface area contributed by atoms with E-state index in [9.17, 15) is 0 Å². The Bertz CT molecular complexity index is 468. The van der Waals surface area contributed by atoms with E-state index in [1.807, 2.05) is 0 Å². The summed E-state index contributed by atoms with van der Waals surface area (Å²) in [6.07, 6.45) is 6.72. The molecular formula is C17H26Br2N2. The van der Waals surface area contributed by atoms with Crippen LogP contribution in [0, 0.1) is 0 Å². The van der Waals surface area contributed by atoms with Crippen molar-refractivity contribution in [1.82, 2.24) is 10.2 Å². The fraction of sp³-hybridized carbons (Fsp3) is 0.647. The van der Waals surface area contributed by atoms with E-state index < -0.39 is 0 Å². The smallest absolute Gasteiger partial charge is 0.0328 e. The number of rotatable bonds is 5. The standard InChI is InChI=1S/C17H26Br2N2/c1-13(15-8-7-14(18)11-16(15)19)20-12-17(21(2)3)9-5-4-6-10-17/h7-8,11,13,20H,4-6,9-10,12H2,1-3H3. The molecule has 1 unspecified atom stereocenters. The molecule has 1 aromatic rings. The summed E-state index contributed by atoms with van der Waals surface area (Å²) >= 11 is 7.19. The molecule has 21 heavy (non-hydrogen) atoms. The summed E-state index contributed by atoms with van der Waals surface area (Å²) in [6, 6.07) is 6.78. The first-order valence-corrected chi connectivity index (χ1v) is 9.39. The zero-order chi connectivity index (χ0) is 15.5. The Kier molecular flexibility index (Phi) is 6.30. The first-order chi connectivity index (χ1) is 9.94. The van der Waals surface area contributed by atoms with Crippen LogP contribution in [-0.4, -0.2) is 31.1 Å². The van der Waals surface area contributed by atoms with Gasteiger partial charge in [-0.25, -0.2) is 0 Å². The minimum atomic E-state index is 0.328. The van der Waals surface area contributed by atoms with Crippen LogP contribution in [0.3, 0.4) is 0 Å². The summed E-state index contributed by atoms with van der Waals surface area (Å²) in [4.78, 5) is 2.43. The predicted molar refractivity (Wildman–Crippen MR) is 97.8 cm³/mol. The molecule has 1 aromatic carbocycles. The largest absolute Gasteiger partial charge is 0.308 e. The average molecular weight is 418 g/mol. The fourth-order valence-corrected chi connectivity index (χ4v) is 4.69. The molecule has 0 aromatic heterocycles. The molecule has 0 bridgehead atoms. The van der Waals surface area contributed by atoms with E-state index in [-0.39, 0.29) is 0 Å². The SMILES string of the molecule is CC(NCC1(N(C)C)CCCCC1)c1ccc(Br)cc1Br. The monoisotopic (exact) mass is 416 g/mol. The maximum Gasteiger partial charge on any atom is 0.0328 e. The molecule has 1 aliphatic rings. The van der Waals surface area contributed by atoms with E-state index in [1.165, 1.54) is 42.1 Å². The van der Waals surface area contributed by atoms with E-state index in [0.717, 1.165) is 11.0 Å². The normalized spacial score (nSPS) is 19.7. The number of nitrogens with zero attached hydrogens (tertiary/aromatic N) is 1. The average Bonchev–Trinajstić information content (AvgIpc) is 2.45. The number of halogens is 2. The highest BCUT2D eigenvalue weighted by atomic mass is 79.9. The second kappa shape index (κ2) is 7.58. The highest BCUT2D eigenvalue weighted by Gasteiger charge is 2.34. The molecule has 1 N–H and O–H groups in total. The highest BCUT2D eigenvalue weighted by Crippen LogP contribution is 2.33. The van der Waals surface area contributed by atoms with Gasteiger partial charge in [-0.3, -0.25) is 0 Å². The second-order valence-corrected chi connectivity index (χ2v) is 8.22. The van der Waals surface area contributed by atoms with Gasteiger partial charge in [-0.2, -0.15) is 0 Å². The lowest BCUT2D eigenvalue weighted by Gasteiger charge is -2.44. The zero-order valence-electron chi connectivity index (χ0n) is 13.3. The van der Waals surface area contributed by atoms with E-state index >= 15 is 0 Å². The third-order valence-corrected chi connectivity index (χ3v) is 6.08. The van der Waals surface area contributed by atoms with Crippen LogP contribution >= 0.6 is 31.9 Å². The van der Waals surface area contributed by atoms with Gasteiger partial charge in [0.1, 0.15) is 0 Å². The van der Waals surface area contributed by atoms with E-state index in [1.54, 1.807) is 0 Å². The second-order valence-electron chi connectivity index (χ2n) is 6.45. The van der Waals surface area contributed by atoms with Crippen molar-refractivity contribution in [3.05, 3.63) is 32.7 Å². The lowest BCUT2D eigenvalue weighted by molar-refractivity contribution is 0.0958. The van der Waals surface area contributed by atoms with Crippen molar-refractivity contribution in [2.45, 2.75) is 50.6 Å². The van der Waals surface area contributed by atoms with Crippen molar-refractivity contribution in [2.75, 3.05) is 20.6 Å². The molecule has 2 rings (SSSR count). The van der Waals surface area contributed by atoms with Crippen LogP contribution in [0.1, 0.15) is 50.6 Å². The first-order valence-electron chi connectivity index (χ1n) is 7.80. The van der Waals surface area contributed by atoms with Crippen LogP contribution in [-0.2, 0) is 0 Å². The van der Waals surface area contributed by atoms with Crippen molar-refractivity contribution in [3.8, 4) is 0 Å². The molecular weight excluding hydrogens is 392 g/mol. The minimum absolute atomic E-state index is 0.328. The third-order valence-electron chi connectivity index (χ3n) is 4.90. The lowest BCUT2D eigenvalue weighted by Crippen LogP contribution is -2.53. The van der Waals surface area contributed by atoms with Gasteiger partial charge in [-0.05, 0) is 51.6 Å². The summed E-state index contributed by atoms with van der Waals surface area (Å²) in [5.74, 6) is 0. The molecule has 0 aliphatic heterocycles. The number of nitrogens with one attached hydrogen (secondary N) is 1. The Morgan fingerprint density at radius 1 is 1.19 bits per heavy atom. The number of benzene rings is 1. The van der Waals surface area contributed by atoms with Crippen molar-refractivity contribution < 1.29 is 0 Å². The maximum absolute atomic E-state index is 3.76. The van der Waals surface area contributed by atoms with Gasteiger partial charge in [0.2, 0.25) is 0 Å². The molecule has 0 amide bonds. The lowest BCUT2D eigenvalue weighted by atomic mass is 9.80. The van der Waals surface area contributed by atoms with Crippen LogP contribution < -0.4 is 5.32 Å². The van der Waals surface area contributed by atoms with Gasteiger partial charge < -0.3 is 10.2 Å². The van der Waals surface area contributed by atoms with Crippen molar-refractivity contribution >= 4 is 31.9 Å². The maximum atomic E-state index is 3.76. The summed E-state index contributed by atoms with van der Waals surface area (Å²) in [5, 5.41) is 3.76. The molecule has 4 heteroatoms. The molecule has 0 spiro atoms. The summed E-state index contributed by atoms with van der Waals surface area (Å²) < 4.78 is 2.28. The van der Waals surface area contributed by atoms with Gasteiger partial charge in [0.25, 0.3) is 0 Å². The molecule has 2 nitrogen and oxygen atoms in total. The molecule has 1 saturated carbocycles. The minimum Gasteiger partial charge on any atom is -0.308 e. The summed E-state index contributed by atoms with van der Waals surface area (Å²) in [6.45, 7) is 3.31. The van der Waals surface area contributed by atoms with E-state index in [2.05, 4.69) is 81.3 Å². The van der Waals surface area contributed by atoms with Crippen LogP contribution in [0.15, 0.2) is 27.1 Å². The highest BCUT2D eigenvalue weighted by molar-refractivity contribution is 9.11. The van der Waals surface area contributed by atoms with Gasteiger partial charge in [-0.1, -0.05) is 57.2 Å². The Morgan fingerprint density at radius 3 is 2.43 bits per heavy atom. The quantitative estimate of drug-likeness (QED) is 0.714. The Hall–Kier alpha value is 0.1000. The van der Waals surface area contributed by atoms with Crippen LogP contribution in [0.25, 0.3) is 0 Å². The van der Waals surface area contributed by atoms with Crippen molar-refractivity contribution in [2.24, 2.45) is 0 Å².